The van der Waals surface area contributed by atoms with E-state index in [4.69, 9.17) is 23.2 Å². The van der Waals surface area contributed by atoms with E-state index in [1.54, 1.807) is 0 Å². The Balaban J connectivity index is 1.75. The van der Waals surface area contributed by atoms with Crippen LogP contribution in [0.25, 0.3) is 0 Å². The van der Waals surface area contributed by atoms with Crippen LogP contribution < -0.4 is 10.5 Å². The van der Waals surface area contributed by atoms with Gasteiger partial charge in [-0.3, -0.25) is 4.79 Å². The van der Waals surface area contributed by atoms with Crippen LogP contribution in [0.15, 0.2) is 35.3 Å². The molecule has 0 saturated heterocycles. The van der Waals surface area contributed by atoms with Gasteiger partial charge in [0.05, 0.1) is 17.3 Å². The molecule has 0 spiro atoms. The average molecular weight is 398 g/mol. The smallest absolute Gasteiger partial charge is 0.287 e. The second kappa shape index (κ2) is 7.97. The second-order valence-electron chi connectivity index (χ2n) is 7.00. The summed E-state index contributed by atoms with van der Waals surface area (Å²) in [5, 5.41) is 4.38. The van der Waals surface area contributed by atoms with E-state index in [0.717, 1.165) is 31.4 Å². The normalized spacial score (nSPS) is 20.4. The predicted octanol–water partition coefficient (Wildman–Crippen LogP) is 5.09. The third kappa shape index (κ3) is 3.89. The van der Waals surface area contributed by atoms with Crippen molar-refractivity contribution in [2.75, 3.05) is 4.90 Å². The van der Waals surface area contributed by atoms with Gasteiger partial charge in [0.25, 0.3) is 5.56 Å². The maximum atomic E-state index is 13.3. The lowest BCUT2D eigenvalue weighted by atomic mass is 9.89. The molecule has 1 aliphatic carbocycles. The van der Waals surface area contributed by atoms with Crippen LogP contribution in [0.2, 0.25) is 10.0 Å². The van der Waals surface area contributed by atoms with Crippen molar-refractivity contribution in [1.82, 2.24) is 9.78 Å². The molecular weight excluding hydrogens is 376 g/mol. The molecule has 7 heteroatoms. The van der Waals surface area contributed by atoms with Gasteiger partial charge < -0.3 is 4.90 Å². The van der Waals surface area contributed by atoms with Gasteiger partial charge in [-0.2, -0.15) is 5.10 Å². The fraction of sp³-hybridized carbons (Fsp3) is 0.474. The van der Waals surface area contributed by atoms with Gasteiger partial charge >= 0.3 is 0 Å². The summed E-state index contributed by atoms with van der Waals surface area (Å²) in [6.45, 7) is 4.28. The van der Waals surface area contributed by atoms with Gasteiger partial charge in [0.15, 0.2) is 0 Å². The van der Waals surface area contributed by atoms with E-state index < -0.39 is 0 Å². The molecule has 140 valence electrons. The summed E-state index contributed by atoms with van der Waals surface area (Å²) >= 11 is 11.8. The van der Waals surface area contributed by atoms with Crippen molar-refractivity contribution in [2.45, 2.75) is 57.7 Å². The van der Waals surface area contributed by atoms with Crippen LogP contribution in [-0.2, 0) is 0 Å². The van der Waals surface area contributed by atoms with Gasteiger partial charge in [0.1, 0.15) is 10.8 Å². The molecule has 0 bridgehead atoms. The monoisotopic (exact) mass is 397 g/mol. The Morgan fingerprint density at radius 2 is 1.77 bits per heavy atom. The first-order chi connectivity index (χ1) is 12.4. The summed E-state index contributed by atoms with van der Waals surface area (Å²) in [5.74, 6) is -0.230. The molecule has 0 atom stereocenters. The van der Waals surface area contributed by atoms with Crippen molar-refractivity contribution < 1.29 is 4.39 Å². The Labute approximate surface area is 162 Å². The van der Waals surface area contributed by atoms with Gasteiger partial charge in [-0.25, -0.2) is 9.07 Å². The third-order valence-corrected chi connectivity index (χ3v) is 5.74. The first kappa shape index (κ1) is 19.2. The average Bonchev–Trinajstić information content (AvgIpc) is 2.62. The van der Waals surface area contributed by atoms with Crippen LogP contribution >= 0.6 is 23.2 Å². The van der Waals surface area contributed by atoms with Gasteiger partial charge in [-0.05, 0) is 63.8 Å². The number of benzene rings is 1. The van der Waals surface area contributed by atoms with Crippen molar-refractivity contribution in [3.8, 4) is 0 Å². The lowest BCUT2D eigenvalue weighted by molar-refractivity contribution is 0.282. The van der Waals surface area contributed by atoms with Crippen LogP contribution in [0.4, 0.5) is 10.1 Å². The van der Waals surface area contributed by atoms with Crippen LogP contribution in [0.3, 0.4) is 0 Å². The highest BCUT2D eigenvalue weighted by atomic mass is 35.5. The molecule has 1 heterocycles. The second-order valence-corrected chi connectivity index (χ2v) is 7.78. The standard InChI is InChI=1S/C19H22Cl2FN3O/c1-12(2)24(14-5-3-13(22)4-6-14)15-7-9-16(10-8-15)25-19(26)18(21)17(20)11-23-25/h3-6,11-12,15-16H,7-10H2,1-2H3/t15-,16-. The van der Waals surface area contributed by atoms with E-state index in [1.807, 2.05) is 12.1 Å². The lowest BCUT2D eigenvalue weighted by Gasteiger charge is -2.41. The molecule has 0 radical (unpaired) electrons. The number of hydrogen-bond acceptors (Lipinski definition) is 3. The molecule has 1 saturated carbocycles. The van der Waals surface area contributed by atoms with Gasteiger partial charge in [0.2, 0.25) is 0 Å². The molecule has 2 aromatic rings. The number of rotatable bonds is 4. The third-order valence-electron chi connectivity index (χ3n) is 4.99. The van der Waals surface area contributed by atoms with Crippen LogP contribution in [0.1, 0.15) is 45.6 Å². The van der Waals surface area contributed by atoms with Gasteiger partial charge in [-0.15, -0.1) is 0 Å². The maximum Gasteiger partial charge on any atom is 0.287 e. The quantitative estimate of drug-likeness (QED) is 0.720. The van der Waals surface area contributed by atoms with Crippen molar-refractivity contribution in [3.05, 3.63) is 56.7 Å². The Bertz CT molecular complexity index is 815. The summed E-state index contributed by atoms with van der Waals surface area (Å²) in [4.78, 5) is 14.6. The van der Waals surface area contributed by atoms with Crippen molar-refractivity contribution >= 4 is 28.9 Å². The summed E-state index contributed by atoms with van der Waals surface area (Å²) in [7, 11) is 0. The summed E-state index contributed by atoms with van der Waals surface area (Å²) in [6.07, 6.45) is 4.94. The minimum absolute atomic E-state index is 0.0238. The molecule has 0 aliphatic heterocycles. The van der Waals surface area contributed by atoms with E-state index in [-0.39, 0.29) is 27.5 Å². The predicted molar refractivity (Wildman–Crippen MR) is 104 cm³/mol. The molecule has 3 rings (SSSR count). The molecule has 0 amide bonds. The highest BCUT2D eigenvalue weighted by molar-refractivity contribution is 6.41. The number of halogens is 3. The summed E-state index contributed by atoms with van der Waals surface area (Å²) in [5.41, 5.74) is 0.691. The Hall–Kier alpha value is -1.59. The molecule has 1 aromatic heterocycles. The van der Waals surface area contributed by atoms with E-state index >= 15 is 0 Å². The molecule has 0 unspecified atom stereocenters. The molecule has 4 nitrogen and oxygen atoms in total. The molecule has 0 N–H and O–H groups in total. The molecule has 1 aromatic carbocycles. The largest absolute Gasteiger partial charge is 0.366 e. The molecular formula is C19H22Cl2FN3O. The van der Waals surface area contributed by atoms with E-state index in [9.17, 15) is 9.18 Å². The summed E-state index contributed by atoms with van der Waals surface area (Å²) < 4.78 is 14.7. The first-order valence-electron chi connectivity index (χ1n) is 8.85. The SMILES string of the molecule is CC(C)N(c1ccc(F)cc1)[C@H]1CC[C@H](n2ncc(Cl)c(Cl)c2=O)CC1. The number of anilines is 1. The number of hydrogen-bond donors (Lipinski definition) is 0. The topological polar surface area (TPSA) is 38.1 Å². The van der Waals surface area contributed by atoms with E-state index in [2.05, 4.69) is 23.8 Å². The Morgan fingerprint density at radius 3 is 2.35 bits per heavy atom. The van der Waals surface area contributed by atoms with E-state index in [1.165, 1.54) is 23.0 Å². The number of aromatic nitrogens is 2. The molecule has 1 aliphatic rings. The van der Waals surface area contributed by atoms with Crippen LogP contribution in [-0.4, -0.2) is 21.9 Å². The fourth-order valence-electron chi connectivity index (χ4n) is 3.81. The fourth-order valence-corrected chi connectivity index (χ4v) is 4.07. The number of nitrogens with zero attached hydrogens (tertiary/aromatic N) is 3. The minimum Gasteiger partial charge on any atom is -0.366 e. The lowest BCUT2D eigenvalue weighted by Crippen LogP contribution is -2.43. The Kier molecular flexibility index (Phi) is 5.88. The highest BCUT2D eigenvalue weighted by Gasteiger charge is 2.29. The highest BCUT2D eigenvalue weighted by Crippen LogP contribution is 2.34. The van der Waals surface area contributed by atoms with E-state index in [0.29, 0.717) is 12.1 Å². The first-order valence-corrected chi connectivity index (χ1v) is 9.60. The van der Waals surface area contributed by atoms with Crippen molar-refractivity contribution in [1.29, 1.82) is 0 Å². The Morgan fingerprint density at radius 1 is 1.15 bits per heavy atom. The van der Waals surface area contributed by atoms with Crippen LogP contribution in [0.5, 0.6) is 0 Å². The zero-order valence-corrected chi connectivity index (χ0v) is 16.3. The van der Waals surface area contributed by atoms with Crippen molar-refractivity contribution in [3.63, 3.8) is 0 Å². The van der Waals surface area contributed by atoms with Crippen LogP contribution in [0, 0.1) is 5.82 Å². The van der Waals surface area contributed by atoms with Gasteiger partial charge in [0, 0.05) is 17.8 Å². The van der Waals surface area contributed by atoms with Gasteiger partial charge in [-0.1, -0.05) is 23.2 Å². The summed E-state index contributed by atoms with van der Waals surface area (Å²) in [6, 6.07) is 7.31. The zero-order chi connectivity index (χ0) is 18.8. The minimum atomic E-state index is -0.332. The van der Waals surface area contributed by atoms with Crippen molar-refractivity contribution in [2.24, 2.45) is 0 Å². The maximum absolute atomic E-state index is 13.3. The molecule has 1 fully saturated rings. The zero-order valence-electron chi connectivity index (χ0n) is 14.8. The molecule has 26 heavy (non-hydrogen) atoms.